The summed E-state index contributed by atoms with van der Waals surface area (Å²) < 4.78 is 0. The molecule has 1 aromatic rings. The average molecular weight is 260 g/mol. The number of aryl methyl sites for hydroxylation is 2. The maximum Gasteiger partial charge on any atom is 0.0250 e. The van der Waals surface area contributed by atoms with Crippen molar-refractivity contribution < 1.29 is 0 Å². The molecule has 2 unspecified atom stereocenters. The maximum absolute atomic E-state index is 3.55. The number of rotatable bonds is 4. The molecular formula is C17H28N2. The van der Waals surface area contributed by atoms with Crippen LogP contribution in [-0.4, -0.2) is 30.6 Å². The lowest BCUT2D eigenvalue weighted by Gasteiger charge is -2.40. The summed E-state index contributed by atoms with van der Waals surface area (Å²) in [7, 11) is 0. The molecule has 0 saturated carbocycles. The maximum atomic E-state index is 3.55. The molecule has 0 aromatic heterocycles. The van der Waals surface area contributed by atoms with Gasteiger partial charge in [-0.3, -0.25) is 4.90 Å². The van der Waals surface area contributed by atoms with Crippen molar-refractivity contribution >= 4 is 0 Å². The number of piperazine rings is 1. The summed E-state index contributed by atoms with van der Waals surface area (Å²) in [5.74, 6) is 0.761. The molecule has 1 aliphatic heterocycles. The van der Waals surface area contributed by atoms with Crippen LogP contribution in [0.3, 0.4) is 0 Å². The predicted octanol–water partition coefficient (Wildman–Crippen LogP) is 3.12. The van der Waals surface area contributed by atoms with Gasteiger partial charge in [-0.05, 0) is 36.5 Å². The average Bonchev–Trinajstić information content (AvgIpc) is 2.42. The van der Waals surface area contributed by atoms with Crippen molar-refractivity contribution in [3.63, 3.8) is 0 Å². The molecule has 19 heavy (non-hydrogen) atoms. The molecule has 2 nitrogen and oxygen atoms in total. The Morgan fingerprint density at radius 2 is 2.00 bits per heavy atom. The lowest BCUT2D eigenvalue weighted by Crippen LogP contribution is -2.53. The van der Waals surface area contributed by atoms with Gasteiger partial charge in [0.1, 0.15) is 0 Å². The van der Waals surface area contributed by atoms with Gasteiger partial charge in [0.25, 0.3) is 0 Å². The largest absolute Gasteiger partial charge is 0.314 e. The van der Waals surface area contributed by atoms with Crippen LogP contribution in [-0.2, 0) is 6.54 Å². The van der Waals surface area contributed by atoms with E-state index < -0.39 is 0 Å². The van der Waals surface area contributed by atoms with Crippen LogP contribution in [0.25, 0.3) is 0 Å². The minimum Gasteiger partial charge on any atom is -0.314 e. The van der Waals surface area contributed by atoms with E-state index in [1.54, 1.807) is 0 Å². The van der Waals surface area contributed by atoms with E-state index in [2.05, 4.69) is 56.1 Å². The standard InChI is InChI=1S/C17H28N2/c1-5-13(2)17-11-18-9-10-19(17)12-16-14(3)7-6-8-15(16)4/h6-8,13,17-18H,5,9-12H2,1-4H3. The minimum atomic E-state index is 0.678. The van der Waals surface area contributed by atoms with Gasteiger partial charge in [-0.25, -0.2) is 0 Å². The van der Waals surface area contributed by atoms with Crippen LogP contribution in [0.15, 0.2) is 18.2 Å². The zero-order valence-corrected chi connectivity index (χ0v) is 12.9. The Hall–Kier alpha value is -0.860. The van der Waals surface area contributed by atoms with Crippen molar-refractivity contribution in [1.82, 2.24) is 10.2 Å². The third-order valence-corrected chi connectivity index (χ3v) is 4.70. The molecule has 1 fully saturated rings. The first-order chi connectivity index (χ1) is 9.13. The van der Waals surface area contributed by atoms with Crippen molar-refractivity contribution in [3.8, 4) is 0 Å². The van der Waals surface area contributed by atoms with Crippen molar-refractivity contribution in [2.24, 2.45) is 5.92 Å². The van der Waals surface area contributed by atoms with Gasteiger partial charge in [0.2, 0.25) is 0 Å². The van der Waals surface area contributed by atoms with Crippen molar-refractivity contribution in [3.05, 3.63) is 34.9 Å². The van der Waals surface area contributed by atoms with E-state index in [9.17, 15) is 0 Å². The minimum absolute atomic E-state index is 0.678. The number of hydrogen-bond acceptors (Lipinski definition) is 2. The van der Waals surface area contributed by atoms with Crippen LogP contribution >= 0.6 is 0 Å². The Kier molecular flexibility index (Phi) is 5.00. The number of nitrogens with zero attached hydrogens (tertiary/aromatic N) is 1. The molecule has 1 aliphatic rings. The van der Waals surface area contributed by atoms with Crippen LogP contribution in [0.4, 0.5) is 0 Å². The van der Waals surface area contributed by atoms with Gasteiger partial charge in [-0.1, -0.05) is 38.5 Å². The van der Waals surface area contributed by atoms with Gasteiger partial charge in [0, 0.05) is 32.2 Å². The summed E-state index contributed by atoms with van der Waals surface area (Å²) >= 11 is 0. The summed E-state index contributed by atoms with van der Waals surface area (Å²) in [6.45, 7) is 13.7. The molecule has 2 heteroatoms. The molecule has 2 rings (SSSR count). The molecule has 0 bridgehead atoms. The number of nitrogens with one attached hydrogen (secondary N) is 1. The first-order valence-electron chi connectivity index (χ1n) is 7.63. The van der Waals surface area contributed by atoms with Gasteiger partial charge in [-0.2, -0.15) is 0 Å². The first-order valence-corrected chi connectivity index (χ1v) is 7.63. The summed E-state index contributed by atoms with van der Waals surface area (Å²) in [5, 5.41) is 3.55. The second-order valence-corrected chi connectivity index (χ2v) is 6.00. The molecule has 1 aromatic carbocycles. The predicted molar refractivity (Wildman–Crippen MR) is 82.4 cm³/mol. The second kappa shape index (κ2) is 6.53. The van der Waals surface area contributed by atoms with Gasteiger partial charge in [-0.15, -0.1) is 0 Å². The van der Waals surface area contributed by atoms with E-state index >= 15 is 0 Å². The Balaban J connectivity index is 2.15. The van der Waals surface area contributed by atoms with Gasteiger partial charge >= 0.3 is 0 Å². The topological polar surface area (TPSA) is 15.3 Å². The Labute approximate surface area is 118 Å². The van der Waals surface area contributed by atoms with E-state index in [0.29, 0.717) is 6.04 Å². The van der Waals surface area contributed by atoms with Crippen molar-refractivity contribution in [2.75, 3.05) is 19.6 Å². The third-order valence-electron chi connectivity index (χ3n) is 4.70. The molecule has 1 heterocycles. The van der Waals surface area contributed by atoms with Gasteiger partial charge < -0.3 is 5.32 Å². The molecule has 1 saturated heterocycles. The van der Waals surface area contributed by atoms with Gasteiger partial charge in [0.05, 0.1) is 0 Å². The highest BCUT2D eigenvalue weighted by Crippen LogP contribution is 2.22. The number of benzene rings is 1. The quantitative estimate of drug-likeness (QED) is 0.895. The molecule has 2 atom stereocenters. The van der Waals surface area contributed by atoms with E-state index in [-0.39, 0.29) is 0 Å². The molecular weight excluding hydrogens is 232 g/mol. The van der Waals surface area contributed by atoms with E-state index in [1.165, 1.54) is 29.7 Å². The summed E-state index contributed by atoms with van der Waals surface area (Å²) in [4.78, 5) is 2.68. The normalized spacial score (nSPS) is 22.4. The Morgan fingerprint density at radius 3 is 2.63 bits per heavy atom. The zero-order valence-electron chi connectivity index (χ0n) is 12.9. The second-order valence-electron chi connectivity index (χ2n) is 6.00. The van der Waals surface area contributed by atoms with Crippen LogP contribution in [0.2, 0.25) is 0 Å². The SMILES string of the molecule is CCC(C)C1CNCCN1Cc1c(C)cccc1C. The number of hydrogen-bond donors (Lipinski definition) is 1. The fourth-order valence-electron chi connectivity index (χ4n) is 3.10. The van der Waals surface area contributed by atoms with Crippen molar-refractivity contribution in [1.29, 1.82) is 0 Å². The zero-order chi connectivity index (χ0) is 13.8. The summed E-state index contributed by atoms with van der Waals surface area (Å²) in [5.41, 5.74) is 4.39. The Bertz CT molecular complexity index is 393. The summed E-state index contributed by atoms with van der Waals surface area (Å²) in [6.07, 6.45) is 1.26. The molecule has 0 radical (unpaired) electrons. The lowest BCUT2D eigenvalue weighted by molar-refractivity contribution is 0.108. The highest BCUT2D eigenvalue weighted by Gasteiger charge is 2.26. The van der Waals surface area contributed by atoms with E-state index in [4.69, 9.17) is 0 Å². The van der Waals surface area contributed by atoms with Crippen LogP contribution < -0.4 is 5.32 Å². The highest BCUT2D eigenvalue weighted by atomic mass is 15.2. The molecule has 1 N–H and O–H groups in total. The Morgan fingerprint density at radius 1 is 1.32 bits per heavy atom. The summed E-state index contributed by atoms with van der Waals surface area (Å²) in [6, 6.07) is 7.32. The fourth-order valence-corrected chi connectivity index (χ4v) is 3.10. The highest BCUT2D eigenvalue weighted by molar-refractivity contribution is 5.33. The van der Waals surface area contributed by atoms with E-state index in [0.717, 1.165) is 25.6 Å². The first kappa shape index (κ1) is 14.5. The van der Waals surface area contributed by atoms with Crippen LogP contribution in [0.1, 0.15) is 37.0 Å². The van der Waals surface area contributed by atoms with Crippen molar-refractivity contribution in [2.45, 2.75) is 46.7 Å². The lowest BCUT2D eigenvalue weighted by atomic mass is 9.94. The smallest absolute Gasteiger partial charge is 0.0250 e. The third kappa shape index (κ3) is 3.37. The fraction of sp³-hybridized carbons (Fsp3) is 0.647. The molecule has 0 spiro atoms. The monoisotopic (exact) mass is 260 g/mol. The van der Waals surface area contributed by atoms with Gasteiger partial charge in [0.15, 0.2) is 0 Å². The molecule has 0 amide bonds. The van der Waals surface area contributed by atoms with Crippen LogP contribution in [0, 0.1) is 19.8 Å². The van der Waals surface area contributed by atoms with Crippen LogP contribution in [0.5, 0.6) is 0 Å². The molecule has 106 valence electrons. The molecule has 0 aliphatic carbocycles. The van der Waals surface area contributed by atoms with E-state index in [1.807, 2.05) is 0 Å².